The van der Waals surface area contributed by atoms with Gasteiger partial charge in [0.1, 0.15) is 5.54 Å². The van der Waals surface area contributed by atoms with E-state index in [1.807, 2.05) is 38.1 Å². The van der Waals surface area contributed by atoms with E-state index < -0.39 is 5.54 Å². The molecule has 0 spiro atoms. The molecule has 1 aliphatic rings. The molecule has 1 unspecified atom stereocenters. The maximum atomic E-state index is 12.5. The number of hydrogen-bond acceptors (Lipinski definition) is 3. The van der Waals surface area contributed by atoms with E-state index in [1.165, 1.54) is 0 Å². The van der Waals surface area contributed by atoms with Crippen LogP contribution in [0.15, 0.2) is 24.3 Å². The highest BCUT2D eigenvalue weighted by atomic mass is 16.5. The highest BCUT2D eigenvalue weighted by Crippen LogP contribution is 2.32. The van der Waals surface area contributed by atoms with Crippen LogP contribution in [0.5, 0.6) is 0 Å². The van der Waals surface area contributed by atoms with Gasteiger partial charge in [-0.1, -0.05) is 24.3 Å². The molecule has 1 aliphatic heterocycles. The van der Waals surface area contributed by atoms with Crippen molar-refractivity contribution in [2.75, 3.05) is 20.3 Å². The molecule has 1 N–H and O–H groups in total. The molecule has 0 radical (unpaired) electrons. The minimum absolute atomic E-state index is 0.0349. The summed E-state index contributed by atoms with van der Waals surface area (Å²) >= 11 is 0. The van der Waals surface area contributed by atoms with Crippen LogP contribution in [0.4, 0.5) is 0 Å². The Bertz CT molecular complexity index is 559. The molecule has 1 fully saturated rings. The van der Waals surface area contributed by atoms with E-state index in [0.717, 1.165) is 11.1 Å². The smallest absolute Gasteiger partial charge is 0.245 e. The predicted octanol–water partition coefficient (Wildman–Crippen LogP) is 1.64. The predicted molar refractivity (Wildman–Crippen MR) is 84.3 cm³/mol. The van der Waals surface area contributed by atoms with E-state index in [4.69, 9.17) is 4.74 Å². The first-order chi connectivity index (χ1) is 10.5. The monoisotopic (exact) mass is 304 g/mol. The lowest BCUT2D eigenvalue weighted by Gasteiger charge is -2.34. The second-order valence-electron chi connectivity index (χ2n) is 5.93. The highest BCUT2D eigenvalue weighted by molar-refractivity contribution is 5.94. The van der Waals surface area contributed by atoms with Gasteiger partial charge in [-0.05, 0) is 31.4 Å². The number of amides is 2. The van der Waals surface area contributed by atoms with Gasteiger partial charge in [0.2, 0.25) is 11.8 Å². The Morgan fingerprint density at radius 3 is 2.82 bits per heavy atom. The molecule has 1 heterocycles. The molecule has 0 saturated carbocycles. The third-order valence-corrected chi connectivity index (χ3v) is 4.39. The molecule has 120 valence electrons. The fraction of sp³-hybridized carbons (Fsp3) is 0.529. The van der Waals surface area contributed by atoms with Gasteiger partial charge in [0.05, 0.1) is 6.61 Å². The van der Waals surface area contributed by atoms with Gasteiger partial charge in [-0.15, -0.1) is 0 Å². The fourth-order valence-electron chi connectivity index (χ4n) is 2.81. The Morgan fingerprint density at radius 1 is 1.41 bits per heavy atom. The molecule has 1 atom stereocenters. The lowest BCUT2D eigenvalue weighted by molar-refractivity contribution is -0.141. The van der Waals surface area contributed by atoms with Crippen LogP contribution >= 0.6 is 0 Å². The average molecular weight is 304 g/mol. The van der Waals surface area contributed by atoms with Gasteiger partial charge in [0, 0.05) is 26.6 Å². The van der Waals surface area contributed by atoms with Crippen molar-refractivity contribution in [2.45, 2.75) is 38.8 Å². The van der Waals surface area contributed by atoms with E-state index >= 15 is 0 Å². The Labute approximate surface area is 131 Å². The zero-order valence-corrected chi connectivity index (χ0v) is 13.5. The Hall–Kier alpha value is -1.88. The van der Waals surface area contributed by atoms with Crippen molar-refractivity contribution in [3.05, 3.63) is 35.4 Å². The zero-order valence-electron chi connectivity index (χ0n) is 13.5. The first-order valence-corrected chi connectivity index (χ1v) is 7.61. The zero-order chi connectivity index (χ0) is 16.2. The molecule has 2 rings (SSSR count). The summed E-state index contributed by atoms with van der Waals surface area (Å²) in [5, 5.41) is 2.86. The third-order valence-electron chi connectivity index (χ3n) is 4.39. The second kappa shape index (κ2) is 6.92. The Balaban J connectivity index is 2.14. The first kappa shape index (κ1) is 16.5. The molecule has 1 aromatic carbocycles. The SMILES string of the molecule is COCCNC(=O)C1(C)CCC(=O)N1Cc1ccccc1C. The number of aryl methyl sites for hydroxylation is 1. The van der Waals surface area contributed by atoms with Crippen molar-refractivity contribution in [1.29, 1.82) is 0 Å². The topological polar surface area (TPSA) is 58.6 Å². The number of ether oxygens (including phenoxy) is 1. The number of hydrogen-bond donors (Lipinski definition) is 1. The number of benzene rings is 1. The maximum Gasteiger partial charge on any atom is 0.245 e. The first-order valence-electron chi connectivity index (χ1n) is 7.61. The quantitative estimate of drug-likeness (QED) is 0.813. The molecule has 0 aliphatic carbocycles. The summed E-state index contributed by atoms with van der Waals surface area (Å²) in [7, 11) is 1.59. The van der Waals surface area contributed by atoms with Crippen molar-refractivity contribution in [3.8, 4) is 0 Å². The van der Waals surface area contributed by atoms with E-state index in [-0.39, 0.29) is 11.8 Å². The number of methoxy groups -OCH3 is 1. The normalized spacial score (nSPS) is 21.2. The standard InChI is InChI=1S/C17H24N2O3/c1-13-6-4-5-7-14(13)12-19-15(20)8-9-17(19,2)16(21)18-10-11-22-3/h4-7H,8-12H2,1-3H3,(H,18,21). The van der Waals surface area contributed by atoms with Gasteiger partial charge in [0.15, 0.2) is 0 Å². The number of carbonyl (C=O) groups excluding carboxylic acids is 2. The van der Waals surface area contributed by atoms with Crippen LogP contribution in [0.25, 0.3) is 0 Å². The minimum Gasteiger partial charge on any atom is -0.383 e. The highest BCUT2D eigenvalue weighted by Gasteiger charge is 2.47. The molecule has 22 heavy (non-hydrogen) atoms. The summed E-state index contributed by atoms with van der Waals surface area (Å²) in [6.45, 7) is 5.26. The van der Waals surface area contributed by atoms with Crippen LogP contribution in [-0.4, -0.2) is 42.5 Å². The third kappa shape index (κ3) is 3.30. The molecular formula is C17H24N2O3. The van der Waals surface area contributed by atoms with E-state index in [0.29, 0.717) is 32.5 Å². The summed E-state index contributed by atoms with van der Waals surface area (Å²) in [4.78, 5) is 26.5. The number of nitrogens with zero attached hydrogens (tertiary/aromatic N) is 1. The Morgan fingerprint density at radius 2 is 2.14 bits per heavy atom. The second-order valence-corrected chi connectivity index (χ2v) is 5.93. The van der Waals surface area contributed by atoms with Gasteiger partial charge in [0.25, 0.3) is 0 Å². The van der Waals surface area contributed by atoms with Crippen LogP contribution in [0.1, 0.15) is 30.9 Å². The van der Waals surface area contributed by atoms with E-state index in [9.17, 15) is 9.59 Å². The van der Waals surface area contributed by atoms with Crippen molar-refractivity contribution < 1.29 is 14.3 Å². The van der Waals surface area contributed by atoms with Crippen LogP contribution in [0.3, 0.4) is 0 Å². The molecule has 1 aromatic rings. The van der Waals surface area contributed by atoms with Crippen LogP contribution < -0.4 is 5.32 Å². The molecular weight excluding hydrogens is 280 g/mol. The molecule has 5 nitrogen and oxygen atoms in total. The lowest BCUT2D eigenvalue weighted by Crippen LogP contribution is -2.54. The van der Waals surface area contributed by atoms with Crippen molar-refractivity contribution in [2.24, 2.45) is 0 Å². The van der Waals surface area contributed by atoms with Gasteiger partial charge in [-0.3, -0.25) is 9.59 Å². The summed E-state index contributed by atoms with van der Waals surface area (Å²) in [6.07, 6.45) is 0.969. The molecule has 0 aromatic heterocycles. The number of carbonyl (C=O) groups is 2. The minimum atomic E-state index is -0.785. The number of rotatable bonds is 6. The van der Waals surface area contributed by atoms with Gasteiger partial charge < -0.3 is 15.0 Å². The maximum absolute atomic E-state index is 12.5. The molecule has 2 amide bonds. The largest absolute Gasteiger partial charge is 0.383 e. The lowest BCUT2D eigenvalue weighted by atomic mass is 9.96. The Kier molecular flexibility index (Phi) is 5.19. The summed E-state index contributed by atoms with van der Waals surface area (Å²) in [6, 6.07) is 7.95. The van der Waals surface area contributed by atoms with Crippen molar-refractivity contribution in [3.63, 3.8) is 0 Å². The van der Waals surface area contributed by atoms with Gasteiger partial charge >= 0.3 is 0 Å². The van der Waals surface area contributed by atoms with E-state index in [2.05, 4.69) is 5.32 Å². The number of likely N-dealkylation sites (tertiary alicyclic amines) is 1. The van der Waals surface area contributed by atoms with Crippen molar-refractivity contribution >= 4 is 11.8 Å². The summed E-state index contributed by atoms with van der Waals surface area (Å²) in [5.74, 6) is -0.0726. The van der Waals surface area contributed by atoms with E-state index in [1.54, 1.807) is 12.0 Å². The van der Waals surface area contributed by atoms with Crippen LogP contribution in [0.2, 0.25) is 0 Å². The fourth-order valence-corrected chi connectivity index (χ4v) is 2.81. The molecule has 5 heteroatoms. The number of nitrogens with one attached hydrogen (secondary N) is 1. The average Bonchev–Trinajstić information content (AvgIpc) is 2.79. The molecule has 0 bridgehead atoms. The van der Waals surface area contributed by atoms with Crippen molar-refractivity contribution in [1.82, 2.24) is 10.2 Å². The summed E-state index contributed by atoms with van der Waals surface area (Å²) in [5.41, 5.74) is 1.42. The van der Waals surface area contributed by atoms with Gasteiger partial charge in [-0.2, -0.15) is 0 Å². The van der Waals surface area contributed by atoms with Gasteiger partial charge in [-0.25, -0.2) is 0 Å². The van der Waals surface area contributed by atoms with Crippen LogP contribution in [-0.2, 0) is 20.9 Å². The molecule has 1 saturated heterocycles. The van der Waals surface area contributed by atoms with Crippen LogP contribution in [0, 0.1) is 6.92 Å². The summed E-state index contributed by atoms with van der Waals surface area (Å²) < 4.78 is 4.95.